The molecule has 0 bridgehead atoms. The van der Waals surface area contributed by atoms with Gasteiger partial charge in [0.05, 0.1) is 35.9 Å². The SMILES string of the molecule is COC1CNCC1Nc1cccc(-c2cnc3ccc(OC(F)F)cn23)n1. The van der Waals surface area contributed by atoms with Crippen molar-refractivity contribution in [1.82, 2.24) is 19.7 Å². The Morgan fingerprint density at radius 1 is 1.26 bits per heavy atom. The number of aromatic nitrogens is 3. The van der Waals surface area contributed by atoms with Crippen molar-refractivity contribution in [3.05, 3.63) is 42.7 Å². The van der Waals surface area contributed by atoms with E-state index in [9.17, 15) is 8.78 Å². The number of pyridine rings is 2. The zero-order chi connectivity index (χ0) is 18.8. The fraction of sp³-hybridized carbons (Fsp3) is 0.333. The topological polar surface area (TPSA) is 72.7 Å². The number of hydrogen-bond donors (Lipinski definition) is 2. The second-order valence-corrected chi connectivity index (χ2v) is 6.21. The lowest BCUT2D eigenvalue weighted by Crippen LogP contribution is -2.33. The van der Waals surface area contributed by atoms with E-state index in [2.05, 4.69) is 25.3 Å². The Kier molecular flexibility index (Phi) is 4.87. The average molecular weight is 375 g/mol. The molecule has 0 spiro atoms. The van der Waals surface area contributed by atoms with Gasteiger partial charge in [0.25, 0.3) is 0 Å². The van der Waals surface area contributed by atoms with Crippen LogP contribution < -0.4 is 15.4 Å². The van der Waals surface area contributed by atoms with Crippen LogP contribution in [0, 0.1) is 0 Å². The number of alkyl halides is 2. The molecule has 1 aliphatic rings. The largest absolute Gasteiger partial charge is 0.433 e. The van der Waals surface area contributed by atoms with Gasteiger partial charge >= 0.3 is 6.61 Å². The number of imidazole rings is 1. The Labute approximate surface area is 154 Å². The standard InChI is InChI=1S/C18H19F2N5O2/c1-26-15-9-21-7-13(15)24-16-4-2-3-12(23-16)14-8-22-17-6-5-11(10-25(14)17)27-18(19)20/h2-6,8,10,13,15,18,21H,7,9H2,1H3,(H,23,24). The molecule has 0 saturated carbocycles. The Balaban J connectivity index is 1.63. The van der Waals surface area contributed by atoms with Crippen LogP contribution in [-0.2, 0) is 4.74 Å². The van der Waals surface area contributed by atoms with Crippen molar-refractivity contribution in [3.63, 3.8) is 0 Å². The molecule has 2 N–H and O–H groups in total. The zero-order valence-electron chi connectivity index (χ0n) is 14.6. The van der Waals surface area contributed by atoms with Gasteiger partial charge in [-0.25, -0.2) is 9.97 Å². The Morgan fingerprint density at radius 2 is 2.15 bits per heavy atom. The van der Waals surface area contributed by atoms with E-state index in [0.717, 1.165) is 13.1 Å². The molecule has 9 heteroatoms. The third kappa shape index (κ3) is 3.69. The smallest absolute Gasteiger partial charge is 0.387 e. The molecule has 3 aromatic rings. The number of nitrogens with zero attached hydrogens (tertiary/aromatic N) is 3. The monoisotopic (exact) mass is 375 g/mol. The van der Waals surface area contributed by atoms with E-state index < -0.39 is 6.61 Å². The van der Waals surface area contributed by atoms with Crippen LogP contribution in [0.3, 0.4) is 0 Å². The lowest BCUT2D eigenvalue weighted by atomic mass is 10.2. The second-order valence-electron chi connectivity index (χ2n) is 6.21. The van der Waals surface area contributed by atoms with E-state index in [-0.39, 0.29) is 17.9 Å². The molecule has 0 aliphatic carbocycles. The van der Waals surface area contributed by atoms with Crippen LogP contribution in [0.15, 0.2) is 42.7 Å². The average Bonchev–Trinajstić information content (AvgIpc) is 3.27. The van der Waals surface area contributed by atoms with Gasteiger partial charge in [0, 0.05) is 20.2 Å². The second kappa shape index (κ2) is 7.45. The van der Waals surface area contributed by atoms with Crippen LogP contribution in [0.4, 0.5) is 14.6 Å². The minimum absolute atomic E-state index is 0.0611. The molecule has 27 heavy (non-hydrogen) atoms. The highest BCUT2D eigenvalue weighted by Gasteiger charge is 2.27. The fourth-order valence-corrected chi connectivity index (χ4v) is 3.22. The van der Waals surface area contributed by atoms with Crippen LogP contribution in [-0.4, -0.2) is 53.3 Å². The van der Waals surface area contributed by atoms with E-state index in [1.54, 1.807) is 23.8 Å². The summed E-state index contributed by atoms with van der Waals surface area (Å²) in [6, 6.07) is 8.80. The molecule has 1 saturated heterocycles. The van der Waals surface area contributed by atoms with Crippen molar-refractivity contribution < 1.29 is 18.3 Å². The molecule has 3 aromatic heterocycles. The van der Waals surface area contributed by atoms with E-state index in [0.29, 0.717) is 22.9 Å². The fourth-order valence-electron chi connectivity index (χ4n) is 3.22. The summed E-state index contributed by atoms with van der Waals surface area (Å²) in [5.41, 5.74) is 1.97. The quantitative estimate of drug-likeness (QED) is 0.689. The summed E-state index contributed by atoms with van der Waals surface area (Å²) >= 11 is 0. The van der Waals surface area contributed by atoms with Gasteiger partial charge in [-0.1, -0.05) is 6.07 Å². The Hall–Kier alpha value is -2.78. The number of fused-ring (bicyclic) bond motifs is 1. The highest BCUT2D eigenvalue weighted by molar-refractivity contribution is 5.62. The number of rotatable bonds is 6. The molecule has 4 rings (SSSR count). The minimum Gasteiger partial charge on any atom is -0.433 e. The molecular formula is C18H19F2N5O2. The van der Waals surface area contributed by atoms with Crippen molar-refractivity contribution in [1.29, 1.82) is 0 Å². The van der Waals surface area contributed by atoms with Gasteiger partial charge in [0.1, 0.15) is 17.2 Å². The summed E-state index contributed by atoms with van der Waals surface area (Å²) in [5.74, 6) is 0.768. The van der Waals surface area contributed by atoms with Crippen LogP contribution in [0.25, 0.3) is 17.0 Å². The molecule has 142 valence electrons. The highest BCUT2D eigenvalue weighted by Crippen LogP contribution is 2.24. The summed E-state index contributed by atoms with van der Waals surface area (Å²) < 4.78 is 36.6. The van der Waals surface area contributed by atoms with Crippen molar-refractivity contribution in [2.75, 3.05) is 25.5 Å². The molecule has 7 nitrogen and oxygen atoms in total. The maximum absolute atomic E-state index is 12.5. The number of methoxy groups -OCH3 is 1. The molecule has 1 aliphatic heterocycles. The van der Waals surface area contributed by atoms with Crippen LogP contribution in [0.2, 0.25) is 0 Å². The Morgan fingerprint density at radius 3 is 2.96 bits per heavy atom. The van der Waals surface area contributed by atoms with E-state index in [1.165, 1.54) is 12.3 Å². The first-order valence-corrected chi connectivity index (χ1v) is 8.53. The zero-order valence-corrected chi connectivity index (χ0v) is 14.6. The first-order valence-electron chi connectivity index (χ1n) is 8.53. The number of halogens is 2. The molecule has 4 heterocycles. The van der Waals surface area contributed by atoms with E-state index in [4.69, 9.17) is 4.74 Å². The highest BCUT2D eigenvalue weighted by atomic mass is 19.3. The minimum atomic E-state index is -2.88. The molecule has 1 fully saturated rings. The first-order chi connectivity index (χ1) is 13.1. The summed E-state index contributed by atoms with van der Waals surface area (Å²) in [4.78, 5) is 8.95. The van der Waals surface area contributed by atoms with Crippen LogP contribution >= 0.6 is 0 Å². The van der Waals surface area contributed by atoms with Crippen LogP contribution in [0.5, 0.6) is 5.75 Å². The summed E-state index contributed by atoms with van der Waals surface area (Å²) in [7, 11) is 1.69. The van der Waals surface area contributed by atoms with Gasteiger partial charge in [-0.15, -0.1) is 0 Å². The molecule has 0 amide bonds. The van der Waals surface area contributed by atoms with Gasteiger partial charge in [0.2, 0.25) is 0 Å². The normalized spacial score (nSPS) is 19.7. The summed E-state index contributed by atoms with van der Waals surface area (Å²) in [6.07, 6.45) is 3.20. The van der Waals surface area contributed by atoms with Gasteiger partial charge in [-0.05, 0) is 24.3 Å². The lowest BCUT2D eigenvalue weighted by molar-refractivity contribution is -0.0501. The third-order valence-electron chi connectivity index (χ3n) is 4.51. The van der Waals surface area contributed by atoms with Crippen molar-refractivity contribution in [2.45, 2.75) is 18.8 Å². The predicted octanol–water partition coefficient (Wildman–Crippen LogP) is 2.40. The van der Waals surface area contributed by atoms with Crippen molar-refractivity contribution >= 4 is 11.5 Å². The first kappa shape index (κ1) is 17.6. The summed E-state index contributed by atoms with van der Waals surface area (Å²) in [6.45, 7) is -1.31. The number of nitrogens with one attached hydrogen (secondary N) is 2. The molecule has 2 unspecified atom stereocenters. The van der Waals surface area contributed by atoms with Gasteiger partial charge in [-0.2, -0.15) is 8.78 Å². The number of anilines is 1. The van der Waals surface area contributed by atoms with Gasteiger partial charge in [-0.3, -0.25) is 4.40 Å². The molecule has 0 aromatic carbocycles. The van der Waals surface area contributed by atoms with Crippen molar-refractivity contribution in [2.24, 2.45) is 0 Å². The molecular weight excluding hydrogens is 356 g/mol. The lowest BCUT2D eigenvalue weighted by Gasteiger charge is -2.19. The van der Waals surface area contributed by atoms with E-state index >= 15 is 0 Å². The number of hydrogen-bond acceptors (Lipinski definition) is 6. The third-order valence-corrected chi connectivity index (χ3v) is 4.51. The Bertz CT molecular complexity index is 933. The van der Waals surface area contributed by atoms with E-state index in [1.807, 2.05) is 18.2 Å². The summed E-state index contributed by atoms with van der Waals surface area (Å²) in [5, 5.41) is 6.65. The predicted molar refractivity (Wildman–Crippen MR) is 96.1 cm³/mol. The number of ether oxygens (including phenoxy) is 2. The molecule has 2 atom stereocenters. The van der Waals surface area contributed by atoms with Gasteiger partial charge < -0.3 is 20.1 Å². The van der Waals surface area contributed by atoms with Gasteiger partial charge in [0.15, 0.2) is 0 Å². The van der Waals surface area contributed by atoms with Crippen LogP contribution in [0.1, 0.15) is 0 Å². The maximum atomic E-state index is 12.5. The van der Waals surface area contributed by atoms with Crippen molar-refractivity contribution in [3.8, 4) is 17.1 Å². The molecule has 0 radical (unpaired) electrons. The maximum Gasteiger partial charge on any atom is 0.387 e.